The maximum Gasteiger partial charge on any atom is 0.410 e. The van der Waals surface area contributed by atoms with Crippen molar-refractivity contribution in [2.75, 3.05) is 11.6 Å². The molecule has 0 spiro atoms. The number of benzene rings is 1. The second kappa shape index (κ2) is 9.72. The monoisotopic (exact) mass is 537 g/mol. The summed E-state index contributed by atoms with van der Waals surface area (Å²) in [5, 5.41) is 14.5. The molecule has 37 heavy (non-hydrogen) atoms. The normalized spacial score (nSPS) is 21.4. The summed E-state index contributed by atoms with van der Waals surface area (Å²) >= 11 is 0. The van der Waals surface area contributed by atoms with E-state index >= 15 is 0 Å². The Kier molecular flexibility index (Phi) is 6.97. The van der Waals surface area contributed by atoms with Crippen molar-refractivity contribution >= 4 is 33.1 Å². The number of carbonyl (C=O) groups is 1. The van der Waals surface area contributed by atoms with Gasteiger partial charge in [-0.1, -0.05) is 0 Å². The number of piperidine rings is 1. The summed E-state index contributed by atoms with van der Waals surface area (Å²) in [6, 6.07) is 2.90. The zero-order chi connectivity index (χ0) is 27.1. The molecule has 1 N–H and O–H groups in total. The van der Waals surface area contributed by atoms with Gasteiger partial charge in [-0.05, 0) is 51.8 Å². The zero-order valence-electron chi connectivity index (χ0n) is 20.8. The molecular weight excluding hydrogens is 509 g/mol. The second-order valence-corrected chi connectivity index (χ2v) is 12.2. The van der Waals surface area contributed by atoms with Crippen molar-refractivity contribution in [3.63, 3.8) is 0 Å². The standard InChI is InChI=1S/C23H28FN5O7S/c1-23(2,3)36-22(30)28-13-5-6-14(28)10-15(9-13)35-21-19(29(31)32)20(25-12-26-21)27-18-8-7-16(11-17(18)24)37(4,33)34/h7-8,11-15H,5-6,9-10H2,1-4H3,(H,25,26,27)/t13-,14-/m0/s1. The lowest BCUT2D eigenvalue weighted by atomic mass is 10.0. The first kappa shape index (κ1) is 26.5. The molecule has 3 heterocycles. The van der Waals surface area contributed by atoms with E-state index in [1.54, 1.807) is 25.7 Å². The number of rotatable bonds is 6. The number of fused-ring (bicyclic) bond motifs is 2. The highest BCUT2D eigenvalue weighted by molar-refractivity contribution is 7.90. The molecule has 1 amide bonds. The fraction of sp³-hybridized carbons (Fsp3) is 0.522. The molecule has 0 saturated carbocycles. The topological polar surface area (TPSA) is 154 Å². The van der Waals surface area contributed by atoms with Gasteiger partial charge in [0.15, 0.2) is 9.84 Å². The van der Waals surface area contributed by atoms with Crippen molar-refractivity contribution in [2.45, 2.75) is 75.1 Å². The van der Waals surface area contributed by atoms with Gasteiger partial charge in [0.2, 0.25) is 5.82 Å². The number of hydrogen-bond acceptors (Lipinski definition) is 10. The third-order valence-electron chi connectivity index (χ3n) is 6.17. The van der Waals surface area contributed by atoms with Crippen LogP contribution in [0.2, 0.25) is 0 Å². The number of ether oxygens (including phenoxy) is 2. The SMILES string of the molecule is CC(C)(C)OC(=O)N1[C@H]2CC[C@H]1CC(Oc1ncnc(Nc3ccc(S(C)(=O)=O)cc3F)c1[N+](=O)[O-])C2. The first-order valence-corrected chi connectivity index (χ1v) is 13.6. The summed E-state index contributed by atoms with van der Waals surface area (Å²) in [6.45, 7) is 5.40. The predicted octanol–water partition coefficient (Wildman–Crippen LogP) is 3.98. The van der Waals surface area contributed by atoms with E-state index in [0.717, 1.165) is 37.6 Å². The van der Waals surface area contributed by atoms with Gasteiger partial charge in [0.1, 0.15) is 23.8 Å². The number of nitro groups is 1. The molecule has 2 bridgehead atoms. The van der Waals surface area contributed by atoms with Crippen molar-refractivity contribution in [1.29, 1.82) is 0 Å². The summed E-state index contributed by atoms with van der Waals surface area (Å²) in [5.74, 6) is -1.52. The number of halogens is 1. The number of hydrogen-bond donors (Lipinski definition) is 1. The molecule has 200 valence electrons. The minimum Gasteiger partial charge on any atom is -0.469 e. The van der Waals surface area contributed by atoms with Gasteiger partial charge in [-0.2, -0.15) is 4.98 Å². The van der Waals surface area contributed by atoms with Gasteiger partial charge in [0, 0.05) is 31.2 Å². The van der Waals surface area contributed by atoms with Crippen LogP contribution in [0.3, 0.4) is 0 Å². The van der Waals surface area contributed by atoms with Crippen molar-refractivity contribution < 1.29 is 32.0 Å². The van der Waals surface area contributed by atoms with Gasteiger partial charge in [0.25, 0.3) is 5.88 Å². The molecule has 1 aromatic carbocycles. The Morgan fingerprint density at radius 3 is 2.41 bits per heavy atom. The maximum absolute atomic E-state index is 14.6. The molecule has 2 atom stereocenters. The first-order chi connectivity index (χ1) is 17.2. The van der Waals surface area contributed by atoms with Gasteiger partial charge >= 0.3 is 11.8 Å². The minimum atomic E-state index is -3.64. The number of carbonyl (C=O) groups excluding carboxylic acids is 1. The van der Waals surface area contributed by atoms with Crippen LogP contribution in [0.4, 0.5) is 26.4 Å². The molecule has 0 unspecified atom stereocenters. The van der Waals surface area contributed by atoms with Crippen molar-refractivity contribution in [2.24, 2.45) is 0 Å². The summed E-state index contributed by atoms with van der Waals surface area (Å²) in [6.07, 6.45) is 3.60. The molecule has 14 heteroatoms. The highest BCUT2D eigenvalue weighted by atomic mass is 32.2. The van der Waals surface area contributed by atoms with Gasteiger partial charge in [-0.15, -0.1) is 0 Å². The van der Waals surface area contributed by atoms with E-state index in [4.69, 9.17) is 9.47 Å². The lowest BCUT2D eigenvalue weighted by molar-refractivity contribution is -0.385. The lowest BCUT2D eigenvalue weighted by Gasteiger charge is -2.39. The van der Waals surface area contributed by atoms with Crippen LogP contribution in [0.1, 0.15) is 46.5 Å². The van der Waals surface area contributed by atoms with E-state index in [1.807, 2.05) is 0 Å². The van der Waals surface area contributed by atoms with Crippen LogP contribution in [0.25, 0.3) is 0 Å². The summed E-state index contributed by atoms with van der Waals surface area (Å²) in [4.78, 5) is 33.2. The average molecular weight is 538 g/mol. The van der Waals surface area contributed by atoms with Crippen LogP contribution in [-0.2, 0) is 14.6 Å². The highest BCUT2D eigenvalue weighted by Gasteiger charge is 2.46. The molecule has 2 fully saturated rings. The molecule has 0 aliphatic carbocycles. The number of amides is 1. The number of nitrogens with one attached hydrogen (secondary N) is 1. The molecule has 0 radical (unpaired) electrons. The first-order valence-electron chi connectivity index (χ1n) is 11.7. The predicted molar refractivity (Wildman–Crippen MR) is 130 cm³/mol. The van der Waals surface area contributed by atoms with Gasteiger partial charge in [-0.25, -0.2) is 22.6 Å². The molecule has 2 aliphatic heterocycles. The van der Waals surface area contributed by atoms with Crippen LogP contribution >= 0.6 is 0 Å². The highest BCUT2D eigenvalue weighted by Crippen LogP contribution is 2.40. The minimum absolute atomic E-state index is 0.125. The largest absolute Gasteiger partial charge is 0.469 e. The molecule has 2 aromatic rings. The van der Waals surface area contributed by atoms with Crippen molar-refractivity contribution in [3.8, 4) is 5.88 Å². The Morgan fingerprint density at radius 1 is 1.22 bits per heavy atom. The van der Waals surface area contributed by atoms with Gasteiger partial charge < -0.3 is 19.7 Å². The third-order valence-corrected chi connectivity index (χ3v) is 7.28. The number of aromatic nitrogens is 2. The van der Waals surface area contributed by atoms with E-state index in [9.17, 15) is 27.7 Å². The zero-order valence-corrected chi connectivity index (χ0v) is 21.6. The van der Waals surface area contributed by atoms with Crippen LogP contribution in [0.5, 0.6) is 5.88 Å². The van der Waals surface area contributed by atoms with Gasteiger partial charge in [0.05, 0.1) is 15.5 Å². The Hall–Kier alpha value is -3.55. The molecule has 2 aliphatic rings. The summed E-state index contributed by atoms with van der Waals surface area (Å²) in [5.41, 5.74) is -1.42. The summed E-state index contributed by atoms with van der Waals surface area (Å²) < 4.78 is 49.4. The molecule has 1 aromatic heterocycles. The van der Waals surface area contributed by atoms with Crippen LogP contribution in [0.15, 0.2) is 29.4 Å². The van der Waals surface area contributed by atoms with Gasteiger partial charge in [-0.3, -0.25) is 10.1 Å². The van der Waals surface area contributed by atoms with E-state index in [0.29, 0.717) is 12.8 Å². The second-order valence-electron chi connectivity index (χ2n) is 10.2. The quantitative estimate of drug-likeness (QED) is 0.423. The molecule has 4 rings (SSSR count). The van der Waals surface area contributed by atoms with Crippen LogP contribution in [0, 0.1) is 15.9 Å². The fourth-order valence-corrected chi connectivity index (χ4v) is 5.29. The summed E-state index contributed by atoms with van der Waals surface area (Å²) in [7, 11) is -3.64. The molecular formula is C23H28FN5O7S. The lowest BCUT2D eigenvalue weighted by Crippen LogP contribution is -2.50. The van der Waals surface area contributed by atoms with Crippen molar-refractivity contribution in [3.05, 3.63) is 40.5 Å². The molecule has 2 saturated heterocycles. The van der Waals surface area contributed by atoms with Crippen LogP contribution < -0.4 is 10.1 Å². The Bertz CT molecular complexity index is 1320. The number of anilines is 2. The average Bonchev–Trinajstić information content (AvgIpc) is 3.04. The fourth-order valence-electron chi connectivity index (χ4n) is 4.65. The van der Waals surface area contributed by atoms with Crippen molar-refractivity contribution in [1.82, 2.24) is 14.9 Å². The van der Waals surface area contributed by atoms with E-state index in [2.05, 4.69) is 15.3 Å². The Labute approximate surface area is 213 Å². The van der Waals surface area contributed by atoms with E-state index in [-0.39, 0.29) is 40.5 Å². The third kappa shape index (κ3) is 5.89. The molecule has 12 nitrogen and oxygen atoms in total. The number of sulfone groups is 1. The van der Waals surface area contributed by atoms with Crippen LogP contribution in [-0.4, -0.2) is 64.3 Å². The number of nitrogens with zero attached hydrogens (tertiary/aromatic N) is 4. The Balaban J connectivity index is 1.53. The smallest absolute Gasteiger partial charge is 0.410 e. The van der Waals surface area contributed by atoms with E-state index < -0.39 is 38.0 Å². The maximum atomic E-state index is 14.6. The van der Waals surface area contributed by atoms with E-state index in [1.165, 1.54) is 6.07 Å². The Morgan fingerprint density at radius 2 is 1.86 bits per heavy atom.